The Morgan fingerprint density at radius 3 is 1.09 bits per heavy atom. The van der Waals surface area contributed by atoms with E-state index in [1.54, 1.807) is 0 Å². The summed E-state index contributed by atoms with van der Waals surface area (Å²) >= 11 is 0. The molecule has 6 nitrogen and oxygen atoms in total. The number of esters is 3. The van der Waals surface area contributed by atoms with Gasteiger partial charge in [0.2, 0.25) is 0 Å². The molecule has 0 aliphatic carbocycles. The van der Waals surface area contributed by atoms with E-state index in [4.69, 9.17) is 14.2 Å². The van der Waals surface area contributed by atoms with Crippen molar-refractivity contribution >= 4 is 17.9 Å². The number of ether oxygens (including phenoxy) is 3. The van der Waals surface area contributed by atoms with Gasteiger partial charge in [-0.1, -0.05) is 254 Å². The normalized spacial score (nSPS) is 12.6. The maximum absolute atomic E-state index is 12.8. The van der Waals surface area contributed by atoms with Crippen LogP contribution in [-0.4, -0.2) is 37.2 Å². The summed E-state index contributed by atoms with van der Waals surface area (Å²) in [6.45, 7) is 6.46. The number of unbranched alkanes of at least 4 members (excludes halogenated alkanes) is 29. The molecule has 0 aliphatic rings. The summed E-state index contributed by atoms with van der Waals surface area (Å²) in [4.78, 5) is 38.1. The minimum absolute atomic E-state index is 0.100. The van der Waals surface area contributed by atoms with Crippen LogP contribution < -0.4 is 0 Å². The molecule has 1 unspecified atom stereocenters. The molecular formula is C60H104O6. The lowest BCUT2D eigenvalue weighted by atomic mass is 10.0. The third kappa shape index (κ3) is 51.8. The van der Waals surface area contributed by atoms with E-state index in [-0.39, 0.29) is 37.5 Å². The number of hydrogen-bond acceptors (Lipinski definition) is 6. The van der Waals surface area contributed by atoms with Crippen molar-refractivity contribution in [3.63, 3.8) is 0 Å². The molecule has 0 fully saturated rings. The first kappa shape index (κ1) is 62.8. The minimum atomic E-state index is -0.809. The SMILES string of the molecule is CC/C=C/C=C/C=C/CCCCCCCC(=O)OCC(COC(=O)CCCCCCCCCCCCCCCCCCCC)OC(=O)CCC/C=C/C/C=C/C/C=C/CCCCCCCC. The number of rotatable bonds is 50. The van der Waals surface area contributed by atoms with Crippen molar-refractivity contribution in [1.29, 1.82) is 0 Å². The average Bonchev–Trinajstić information content (AvgIpc) is 3.31. The summed E-state index contributed by atoms with van der Waals surface area (Å²) in [6, 6.07) is 0. The van der Waals surface area contributed by atoms with Gasteiger partial charge in [-0.25, -0.2) is 0 Å². The second kappa shape index (κ2) is 54.5. The number of carbonyl (C=O) groups is 3. The van der Waals surface area contributed by atoms with Crippen LogP contribution in [0.25, 0.3) is 0 Å². The fourth-order valence-electron chi connectivity index (χ4n) is 7.81. The predicted molar refractivity (Wildman–Crippen MR) is 284 cm³/mol. The third-order valence-corrected chi connectivity index (χ3v) is 12.0. The first-order valence-corrected chi connectivity index (χ1v) is 28.0. The van der Waals surface area contributed by atoms with Crippen LogP contribution in [0.15, 0.2) is 72.9 Å². The lowest BCUT2D eigenvalue weighted by molar-refractivity contribution is -0.167. The minimum Gasteiger partial charge on any atom is -0.462 e. The van der Waals surface area contributed by atoms with Gasteiger partial charge in [-0.05, 0) is 70.6 Å². The van der Waals surface area contributed by atoms with Crippen molar-refractivity contribution in [3.8, 4) is 0 Å². The molecule has 0 aromatic carbocycles. The van der Waals surface area contributed by atoms with Crippen molar-refractivity contribution < 1.29 is 28.6 Å². The summed E-state index contributed by atoms with van der Waals surface area (Å²) in [5, 5.41) is 0. The van der Waals surface area contributed by atoms with Crippen LogP contribution in [0.2, 0.25) is 0 Å². The fourth-order valence-corrected chi connectivity index (χ4v) is 7.81. The van der Waals surface area contributed by atoms with E-state index in [0.29, 0.717) is 19.3 Å². The molecule has 0 spiro atoms. The summed E-state index contributed by atoms with van der Waals surface area (Å²) in [5.74, 6) is -0.967. The topological polar surface area (TPSA) is 78.9 Å². The third-order valence-electron chi connectivity index (χ3n) is 12.0. The van der Waals surface area contributed by atoms with Crippen molar-refractivity contribution in [2.75, 3.05) is 13.2 Å². The molecular weight excluding hydrogens is 817 g/mol. The molecule has 0 saturated heterocycles. The van der Waals surface area contributed by atoms with Crippen molar-refractivity contribution in [1.82, 2.24) is 0 Å². The van der Waals surface area contributed by atoms with Crippen LogP contribution in [0.5, 0.6) is 0 Å². The number of allylic oxidation sites excluding steroid dienone is 12. The first-order chi connectivity index (χ1) is 32.5. The molecule has 66 heavy (non-hydrogen) atoms. The Balaban J connectivity index is 4.44. The Labute approximate surface area is 408 Å². The lowest BCUT2D eigenvalue weighted by Gasteiger charge is -2.18. The number of carbonyl (C=O) groups excluding carboxylic acids is 3. The van der Waals surface area contributed by atoms with Crippen LogP contribution in [0.4, 0.5) is 0 Å². The van der Waals surface area contributed by atoms with Gasteiger partial charge >= 0.3 is 17.9 Å². The van der Waals surface area contributed by atoms with Crippen LogP contribution in [-0.2, 0) is 28.6 Å². The Morgan fingerprint density at radius 2 is 0.667 bits per heavy atom. The summed E-state index contributed by atoms with van der Waals surface area (Å²) in [5.41, 5.74) is 0. The standard InChI is InChI=1S/C60H104O6/c1-4-7-10-13-16-19-22-25-27-29-31-32-35-38-41-44-47-50-53-59(62)65-56-57(55-64-58(61)52-49-46-43-40-37-34-24-21-18-15-12-9-6-3)66-60(63)54-51-48-45-42-39-36-33-30-28-26-23-20-17-14-11-8-5-2/h9,12,15,18,21,24,26,28,33,36,42,45,57H,4-8,10-11,13-14,16-17,19-20,22-23,25,27,29-32,34-35,37-41,43-44,46-56H2,1-3H3/b12-9+,18-15+,24-21+,28-26+,36-33+,45-42+. The van der Waals surface area contributed by atoms with Gasteiger partial charge in [0.05, 0.1) is 0 Å². The summed E-state index contributed by atoms with van der Waals surface area (Å²) in [7, 11) is 0. The fraction of sp³-hybridized carbons (Fsp3) is 0.750. The zero-order valence-electron chi connectivity index (χ0n) is 43.4. The van der Waals surface area contributed by atoms with E-state index in [1.807, 2.05) is 0 Å². The predicted octanol–water partition coefficient (Wildman–Crippen LogP) is 18.6. The Hall–Kier alpha value is -3.15. The van der Waals surface area contributed by atoms with Crippen molar-refractivity contribution in [2.45, 2.75) is 277 Å². The van der Waals surface area contributed by atoms with Crippen LogP contribution in [0.3, 0.4) is 0 Å². The van der Waals surface area contributed by atoms with Gasteiger partial charge < -0.3 is 14.2 Å². The van der Waals surface area contributed by atoms with E-state index < -0.39 is 6.10 Å². The lowest BCUT2D eigenvalue weighted by Crippen LogP contribution is -2.30. The van der Waals surface area contributed by atoms with Gasteiger partial charge in [0.15, 0.2) is 6.10 Å². The smallest absolute Gasteiger partial charge is 0.306 e. The highest BCUT2D eigenvalue weighted by Crippen LogP contribution is 2.16. The Kier molecular flexibility index (Phi) is 51.9. The van der Waals surface area contributed by atoms with E-state index in [9.17, 15) is 14.4 Å². The largest absolute Gasteiger partial charge is 0.462 e. The quantitative estimate of drug-likeness (QED) is 0.0199. The second-order valence-corrected chi connectivity index (χ2v) is 18.5. The molecule has 0 aromatic rings. The van der Waals surface area contributed by atoms with Gasteiger partial charge in [0, 0.05) is 19.3 Å². The Morgan fingerprint density at radius 1 is 0.333 bits per heavy atom. The molecule has 1 atom stereocenters. The van der Waals surface area contributed by atoms with Gasteiger partial charge in [-0.2, -0.15) is 0 Å². The van der Waals surface area contributed by atoms with Crippen molar-refractivity contribution in [2.24, 2.45) is 0 Å². The molecule has 0 heterocycles. The van der Waals surface area contributed by atoms with Crippen molar-refractivity contribution in [3.05, 3.63) is 72.9 Å². The molecule has 0 amide bonds. The molecule has 0 radical (unpaired) electrons. The van der Waals surface area contributed by atoms with E-state index in [2.05, 4.69) is 93.7 Å². The molecule has 0 N–H and O–H groups in total. The molecule has 0 aliphatic heterocycles. The highest BCUT2D eigenvalue weighted by Gasteiger charge is 2.19. The molecule has 380 valence electrons. The molecule has 0 aromatic heterocycles. The van der Waals surface area contributed by atoms with E-state index >= 15 is 0 Å². The van der Waals surface area contributed by atoms with Gasteiger partial charge in [-0.15, -0.1) is 0 Å². The molecule has 6 heteroatoms. The molecule has 0 saturated carbocycles. The maximum atomic E-state index is 12.8. The summed E-state index contributed by atoms with van der Waals surface area (Å²) in [6.07, 6.45) is 69.0. The maximum Gasteiger partial charge on any atom is 0.306 e. The zero-order chi connectivity index (χ0) is 47.9. The molecule has 0 bridgehead atoms. The van der Waals surface area contributed by atoms with Gasteiger partial charge in [0.25, 0.3) is 0 Å². The average molecular weight is 921 g/mol. The first-order valence-electron chi connectivity index (χ1n) is 28.0. The number of hydrogen-bond donors (Lipinski definition) is 0. The highest BCUT2D eigenvalue weighted by molar-refractivity contribution is 5.71. The Bertz CT molecular complexity index is 1240. The zero-order valence-corrected chi connectivity index (χ0v) is 43.4. The van der Waals surface area contributed by atoms with Crippen LogP contribution in [0, 0.1) is 0 Å². The van der Waals surface area contributed by atoms with E-state index in [0.717, 1.165) is 83.5 Å². The molecule has 0 rings (SSSR count). The van der Waals surface area contributed by atoms with Crippen LogP contribution in [0.1, 0.15) is 271 Å². The van der Waals surface area contributed by atoms with Gasteiger partial charge in [0.1, 0.15) is 13.2 Å². The van der Waals surface area contributed by atoms with E-state index in [1.165, 1.54) is 141 Å². The van der Waals surface area contributed by atoms with Crippen LogP contribution >= 0.6 is 0 Å². The monoisotopic (exact) mass is 921 g/mol. The highest BCUT2D eigenvalue weighted by atomic mass is 16.6. The second-order valence-electron chi connectivity index (χ2n) is 18.5. The summed E-state index contributed by atoms with van der Waals surface area (Å²) < 4.78 is 16.8. The van der Waals surface area contributed by atoms with Gasteiger partial charge in [-0.3, -0.25) is 14.4 Å².